The Morgan fingerprint density at radius 1 is 1.13 bits per heavy atom. The number of anilines is 1. The summed E-state index contributed by atoms with van der Waals surface area (Å²) in [4.78, 5) is 12.5. The third kappa shape index (κ3) is 5.67. The van der Waals surface area contributed by atoms with Crippen LogP contribution in [0.5, 0.6) is 5.75 Å². The van der Waals surface area contributed by atoms with Crippen molar-refractivity contribution in [2.24, 2.45) is 0 Å². The van der Waals surface area contributed by atoms with Crippen LogP contribution in [0.15, 0.2) is 47.6 Å². The zero-order chi connectivity index (χ0) is 22.4. The molecule has 3 rings (SSSR count). The van der Waals surface area contributed by atoms with Gasteiger partial charge in [0, 0.05) is 12.2 Å². The van der Waals surface area contributed by atoms with Gasteiger partial charge in [0.15, 0.2) is 17.1 Å². The van der Waals surface area contributed by atoms with Gasteiger partial charge in [-0.2, -0.15) is 0 Å². The van der Waals surface area contributed by atoms with Crippen LogP contribution in [0.2, 0.25) is 0 Å². The first-order chi connectivity index (χ1) is 14.9. The summed E-state index contributed by atoms with van der Waals surface area (Å²) in [5, 5.41) is 12.3. The number of rotatable bonds is 9. The van der Waals surface area contributed by atoms with Crippen LogP contribution in [0, 0.1) is 13.8 Å². The SMILES string of the molecule is CCc1ccc(OC(C)c2nnc(SCC(=O)Nc3cccc(C)c3C)n2CC)cc1. The minimum atomic E-state index is -0.252. The zero-order valence-electron chi connectivity index (χ0n) is 18.8. The van der Waals surface area contributed by atoms with E-state index in [1.54, 1.807) is 0 Å². The topological polar surface area (TPSA) is 69.0 Å². The monoisotopic (exact) mass is 438 g/mol. The molecule has 0 bridgehead atoms. The highest BCUT2D eigenvalue weighted by atomic mass is 32.2. The van der Waals surface area contributed by atoms with Crippen molar-refractivity contribution in [3.63, 3.8) is 0 Å². The predicted molar refractivity (Wildman–Crippen MR) is 126 cm³/mol. The highest BCUT2D eigenvalue weighted by Gasteiger charge is 2.19. The predicted octanol–water partition coefficient (Wildman–Crippen LogP) is 5.35. The molecule has 164 valence electrons. The number of benzene rings is 2. The first-order valence-electron chi connectivity index (χ1n) is 10.6. The van der Waals surface area contributed by atoms with Crippen LogP contribution < -0.4 is 10.1 Å². The van der Waals surface area contributed by atoms with Gasteiger partial charge in [0.25, 0.3) is 0 Å². The molecule has 1 aromatic heterocycles. The molecule has 0 aliphatic rings. The van der Waals surface area contributed by atoms with Crippen molar-refractivity contribution < 1.29 is 9.53 Å². The third-order valence-electron chi connectivity index (χ3n) is 5.28. The maximum absolute atomic E-state index is 12.5. The van der Waals surface area contributed by atoms with Crippen molar-refractivity contribution in [2.75, 3.05) is 11.1 Å². The van der Waals surface area contributed by atoms with E-state index in [1.807, 2.05) is 62.6 Å². The third-order valence-corrected chi connectivity index (χ3v) is 6.25. The lowest BCUT2D eigenvalue weighted by molar-refractivity contribution is -0.113. The Kier molecular flexibility index (Phi) is 7.74. The fourth-order valence-corrected chi connectivity index (χ4v) is 4.08. The number of hydrogen-bond donors (Lipinski definition) is 1. The van der Waals surface area contributed by atoms with Crippen molar-refractivity contribution >= 4 is 23.4 Å². The normalized spacial score (nSPS) is 11.9. The van der Waals surface area contributed by atoms with E-state index < -0.39 is 0 Å². The first kappa shape index (κ1) is 22.9. The number of amides is 1. The summed E-state index contributed by atoms with van der Waals surface area (Å²) in [6, 6.07) is 14.0. The van der Waals surface area contributed by atoms with Gasteiger partial charge in [-0.3, -0.25) is 4.79 Å². The van der Waals surface area contributed by atoms with Gasteiger partial charge in [-0.1, -0.05) is 43.0 Å². The number of carbonyl (C=O) groups excluding carboxylic acids is 1. The Hall–Kier alpha value is -2.80. The largest absolute Gasteiger partial charge is 0.483 e. The molecule has 0 radical (unpaired) electrons. The van der Waals surface area contributed by atoms with Crippen molar-refractivity contribution in [1.29, 1.82) is 0 Å². The summed E-state index contributed by atoms with van der Waals surface area (Å²) in [7, 11) is 0. The highest BCUT2D eigenvalue weighted by Crippen LogP contribution is 2.25. The summed E-state index contributed by atoms with van der Waals surface area (Å²) in [6.45, 7) is 10.9. The van der Waals surface area contributed by atoms with Crippen LogP contribution in [0.25, 0.3) is 0 Å². The van der Waals surface area contributed by atoms with E-state index >= 15 is 0 Å². The Bertz CT molecular complexity index is 1030. The lowest BCUT2D eigenvalue weighted by atomic mass is 10.1. The molecular formula is C24H30N4O2S. The molecule has 2 aromatic carbocycles. The van der Waals surface area contributed by atoms with Gasteiger partial charge in [-0.15, -0.1) is 10.2 Å². The summed E-state index contributed by atoms with van der Waals surface area (Å²) in [6.07, 6.45) is 0.746. The average molecular weight is 439 g/mol. The van der Waals surface area contributed by atoms with Crippen molar-refractivity contribution in [1.82, 2.24) is 14.8 Å². The molecule has 1 N–H and O–H groups in total. The minimum absolute atomic E-state index is 0.0637. The minimum Gasteiger partial charge on any atom is -0.483 e. The van der Waals surface area contributed by atoms with Crippen LogP contribution in [-0.4, -0.2) is 26.4 Å². The van der Waals surface area contributed by atoms with Gasteiger partial charge < -0.3 is 14.6 Å². The molecule has 0 saturated carbocycles. The van der Waals surface area contributed by atoms with E-state index in [9.17, 15) is 4.79 Å². The molecule has 0 spiro atoms. The molecule has 0 aliphatic carbocycles. The number of hydrogen-bond acceptors (Lipinski definition) is 5. The number of nitrogens with one attached hydrogen (secondary N) is 1. The van der Waals surface area contributed by atoms with Gasteiger partial charge >= 0.3 is 0 Å². The molecule has 6 nitrogen and oxygen atoms in total. The molecule has 1 unspecified atom stereocenters. The van der Waals surface area contributed by atoms with Gasteiger partial charge in [-0.25, -0.2) is 0 Å². The lowest BCUT2D eigenvalue weighted by Gasteiger charge is -2.16. The van der Waals surface area contributed by atoms with Gasteiger partial charge in [-0.05, 0) is 69.0 Å². The summed E-state index contributed by atoms with van der Waals surface area (Å²) in [5.41, 5.74) is 4.35. The number of aromatic nitrogens is 3. The second-order valence-electron chi connectivity index (χ2n) is 7.43. The first-order valence-corrected chi connectivity index (χ1v) is 11.6. The smallest absolute Gasteiger partial charge is 0.234 e. The maximum Gasteiger partial charge on any atom is 0.234 e. The quantitative estimate of drug-likeness (QED) is 0.456. The second kappa shape index (κ2) is 10.5. The van der Waals surface area contributed by atoms with E-state index in [0.717, 1.165) is 34.8 Å². The molecule has 0 saturated heterocycles. The Morgan fingerprint density at radius 3 is 2.55 bits per heavy atom. The number of carbonyl (C=O) groups is 1. The second-order valence-corrected chi connectivity index (χ2v) is 8.37. The number of ether oxygens (including phenoxy) is 1. The zero-order valence-corrected chi connectivity index (χ0v) is 19.6. The summed E-state index contributed by atoms with van der Waals surface area (Å²) in [5.74, 6) is 1.75. The average Bonchev–Trinajstić information content (AvgIpc) is 3.19. The lowest BCUT2D eigenvalue weighted by Crippen LogP contribution is -2.16. The van der Waals surface area contributed by atoms with Crippen LogP contribution in [0.1, 0.15) is 49.4 Å². The Morgan fingerprint density at radius 2 is 1.87 bits per heavy atom. The van der Waals surface area contributed by atoms with Crippen LogP contribution >= 0.6 is 11.8 Å². The number of thioether (sulfide) groups is 1. The summed E-state index contributed by atoms with van der Waals surface area (Å²) < 4.78 is 8.07. The van der Waals surface area contributed by atoms with E-state index in [-0.39, 0.29) is 17.8 Å². The highest BCUT2D eigenvalue weighted by molar-refractivity contribution is 7.99. The molecule has 7 heteroatoms. The van der Waals surface area contributed by atoms with Gasteiger partial charge in [0.05, 0.1) is 5.75 Å². The van der Waals surface area contributed by atoms with Crippen LogP contribution in [-0.2, 0) is 17.8 Å². The Labute approximate surface area is 188 Å². The van der Waals surface area contributed by atoms with Gasteiger partial charge in [0.1, 0.15) is 5.75 Å². The van der Waals surface area contributed by atoms with E-state index in [4.69, 9.17) is 4.74 Å². The fraction of sp³-hybridized carbons (Fsp3) is 0.375. The van der Waals surface area contributed by atoms with E-state index in [2.05, 4.69) is 34.6 Å². The molecule has 31 heavy (non-hydrogen) atoms. The molecular weight excluding hydrogens is 408 g/mol. The van der Waals surface area contributed by atoms with Crippen molar-refractivity contribution in [2.45, 2.75) is 58.8 Å². The van der Waals surface area contributed by atoms with Crippen LogP contribution in [0.4, 0.5) is 5.69 Å². The number of nitrogens with zero attached hydrogens (tertiary/aromatic N) is 3. The standard InChI is InChI=1S/C24H30N4O2S/c1-6-19-11-13-20(14-12-19)30-18(5)23-26-27-24(28(23)7-2)31-15-22(29)25-21-10-8-9-16(3)17(21)4/h8-14,18H,6-7,15H2,1-5H3,(H,25,29). The van der Waals surface area contributed by atoms with E-state index in [1.165, 1.54) is 17.3 Å². The molecule has 0 fully saturated rings. The fourth-order valence-electron chi connectivity index (χ4n) is 3.27. The Balaban J connectivity index is 1.63. The molecule has 1 amide bonds. The van der Waals surface area contributed by atoms with Crippen molar-refractivity contribution in [3.8, 4) is 5.75 Å². The molecule has 3 aromatic rings. The molecule has 1 heterocycles. The number of aryl methyl sites for hydroxylation is 2. The molecule has 1 atom stereocenters. The molecule has 0 aliphatic heterocycles. The van der Waals surface area contributed by atoms with E-state index in [0.29, 0.717) is 11.7 Å². The maximum atomic E-state index is 12.5. The summed E-state index contributed by atoms with van der Waals surface area (Å²) >= 11 is 1.38. The van der Waals surface area contributed by atoms with Crippen LogP contribution in [0.3, 0.4) is 0 Å². The van der Waals surface area contributed by atoms with Gasteiger partial charge in [0.2, 0.25) is 5.91 Å². The van der Waals surface area contributed by atoms with Crippen molar-refractivity contribution in [3.05, 3.63) is 65.0 Å².